The predicted molar refractivity (Wildman–Crippen MR) is 246 cm³/mol. The average molecular weight is 884 g/mol. The second-order valence-corrected chi connectivity index (χ2v) is 15.4. The number of non-ortho nitro benzene ring substituents is 1. The van der Waals surface area contributed by atoms with Gasteiger partial charge in [-0.15, -0.1) is 33.4 Å². The number of azo groups is 2. The van der Waals surface area contributed by atoms with Crippen LogP contribution in [0.3, 0.4) is 0 Å². The van der Waals surface area contributed by atoms with Crippen molar-refractivity contribution in [1.29, 1.82) is 0 Å². The molecule has 0 atom stereocenters. The normalized spacial score (nSPS) is 11.3. The van der Waals surface area contributed by atoms with E-state index in [1.165, 1.54) is 107 Å². The highest BCUT2D eigenvalue weighted by atomic mass is 35.5. The number of carbonyl (C=O) groups is 1. The van der Waals surface area contributed by atoms with Gasteiger partial charge in [0.2, 0.25) is 0 Å². The number of hydrogen-bond donors (Lipinski definition) is 0. The summed E-state index contributed by atoms with van der Waals surface area (Å²) in [5, 5.41) is 29.2. The number of benzene rings is 3. The summed E-state index contributed by atoms with van der Waals surface area (Å²) < 4.78 is 23.1. The van der Waals surface area contributed by atoms with Crippen molar-refractivity contribution in [3.8, 4) is 11.5 Å². The molecule has 3 aromatic carbocycles. The maximum Gasteiger partial charge on any atom is 0.307 e. The van der Waals surface area contributed by atoms with E-state index >= 15 is 0 Å². The molecule has 61 heavy (non-hydrogen) atoms. The molecule has 13 nitrogen and oxygen atoms in total. The SMILES string of the molecule is C=C(CCCl)OCCOc1cc(/N=N/c2ccc([N+](=O)[O-])cc2)c(OCCOC(=O)CCCl)cc1/N=N/c1ccc(N(CCCCCCCC)CCCCCCCC)cc1C. The molecule has 3 aromatic rings. The number of nitro benzene ring substituents is 1. The molecule has 334 valence electrons. The average Bonchev–Trinajstić information content (AvgIpc) is 3.25. The Morgan fingerprint density at radius 3 is 1.74 bits per heavy atom. The third-order valence-corrected chi connectivity index (χ3v) is 10.0. The monoisotopic (exact) mass is 882 g/mol. The highest BCUT2D eigenvalue weighted by Crippen LogP contribution is 2.42. The first-order valence-corrected chi connectivity index (χ1v) is 22.7. The number of allylic oxidation sites excluding steroid dienone is 1. The van der Waals surface area contributed by atoms with Crippen LogP contribution in [-0.2, 0) is 14.3 Å². The van der Waals surface area contributed by atoms with Crippen LogP contribution in [0.25, 0.3) is 0 Å². The Morgan fingerprint density at radius 2 is 1.20 bits per heavy atom. The number of ether oxygens (including phenoxy) is 4. The van der Waals surface area contributed by atoms with Crippen molar-refractivity contribution < 1.29 is 28.7 Å². The first kappa shape index (κ1) is 50.6. The van der Waals surface area contributed by atoms with Gasteiger partial charge in [-0.3, -0.25) is 14.9 Å². The van der Waals surface area contributed by atoms with E-state index in [-0.39, 0.29) is 55.9 Å². The molecule has 0 fully saturated rings. The first-order chi connectivity index (χ1) is 29.7. The van der Waals surface area contributed by atoms with E-state index < -0.39 is 10.9 Å². The van der Waals surface area contributed by atoms with Crippen molar-refractivity contribution in [2.45, 2.75) is 111 Å². The fourth-order valence-electron chi connectivity index (χ4n) is 6.24. The molecule has 0 aliphatic rings. The quantitative estimate of drug-likeness (QED) is 0.0112. The van der Waals surface area contributed by atoms with Gasteiger partial charge in [0.15, 0.2) is 0 Å². The van der Waals surface area contributed by atoms with Gasteiger partial charge < -0.3 is 23.8 Å². The maximum atomic E-state index is 11.9. The molecule has 0 N–H and O–H groups in total. The van der Waals surface area contributed by atoms with Gasteiger partial charge in [-0.1, -0.05) is 84.6 Å². The lowest BCUT2D eigenvalue weighted by atomic mass is 10.1. The number of esters is 1. The van der Waals surface area contributed by atoms with Gasteiger partial charge >= 0.3 is 5.97 Å². The summed E-state index contributed by atoms with van der Waals surface area (Å²) in [6.45, 7) is 12.8. The molecule has 0 saturated carbocycles. The Morgan fingerprint density at radius 1 is 0.672 bits per heavy atom. The Balaban J connectivity index is 1.94. The van der Waals surface area contributed by atoms with Crippen LogP contribution in [0.5, 0.6) is 11.5 Å². The van der Waals surface area contributed by atoms with Crippen LogP contribution >= 0.6 is 23.2 Å². The molecule has 0 aromatic heterocycles. The van der Waals surface area contributed by atoms with Crippen molar-refractivity contribution in [3.05, 3.63) is 82.6 Å². The van der Waals surface area contributed by atoms with E-state index in [4.69, 9.17) is 42.1 Å². The van der Waals surface area contributed by atoms with Gasteiger partial charge in [0.25, 0.3) is 5.69 Å². The van der Waals surface area contributed by atoms with Crippen LogP contribution < -0.4 is 14.4 Å². The molecule has 15 heteroatoms. The van der Waals surface area contributed by atoms with Crippen LogP contribution in [0.15, 0.2) is 87.4 Å². The molecule has 0 aliphatic heterocycles. The van der Waals surface area contributed by atoms with Crippen LogP contribution in [0, 0.1) is 17.0 Å². The largest absolute Gasteiger partial charge is 0.495 e. The number of carbonyl (C=O) groups excluding carboxylic acids is 1. The summed E-state index contributed by atoms with van der Waals surface area (Å²) in [4.78, 5) is 25.1. The van der Waals surface area contributed by atoms with Gasteiger partial charge in [-0.25, -0.2) is 0 Å². The minimum absolute atomic E-state index is 0.00403. The number of rotatable bonds is 33. The Kier molecular flexibility index (Phi) is 25.1. The third kappa shape index (κ3) is 20.1. The van der Waals surface area contributed by atoms with Crippen LogP contribution in [0.4, 0.5) is 34.1 Å². The van der Waals surface area contributed by atoms with Gasteiger partial charge in [0, 0.05) is 61.2 Å². The van der Waals surface area contributed by atoms with E-state index in [9.17, 15) is 14.9 Å². The Bertz CT molecular complexity index is 1810. The number of unbranched alkanes of at least 4 members (excludes halogenated alkanes) is 10. The molecule has 0 radical (unpaired) electrons. The zero-order valence-electron chi connectivity index (χ0n) is 36.3. The molecule has 0 unspecified atom stereocenters. The minimum atomic E-state index is -0.489. The van der Waals surface area contributed by atoms with Crippen molar-refractivity contribution in [1.82, 2.24) is 0 Å². The topological polar surface area (TPSA) is 150 Å². The molecule has 0 aliphatic carbocycles. The third-order valence-electron chi connectivity index (χ3n) is 9.67. The summed E-state index contributed by atoms with van der Waals surface area (Å²) in [7, 11) is 0. The van der Waals surface area contributed by atoms with E-state index in [1.54, 1.807) is 12.1 Å². The Hall–Kier alpha value is -4.75. The van der Waals surface area contributed by atoms with Crippen molar-refractivity contribution in [3.63, 3.8) is 0 Å². The van der Waals surface area contributed by atoms with Crippen molar-refractivity contribution >= 4 is 63.3 Å². The van der Waals surface area contributed by atoms with Gasteiger partial charge in [-0.2, -0.15) is 10.2 Å². The summed E-state index contributed by atoms with van der Waals surface area (Å²) in [6, 6.07) is 15.2. The van der Waals surface area contributed by atoms with Crippen LogP contribution in [0.2, 0.25) is 0 Å². The lowest BCUT2D eigenvalue weighted by molar-refractivity contribution is -0.384. The lowest BCUT2D eigenvalue weighted by Crippen LogP contribution is -2.25. The van der Waals surface area contributed by atoms with Crippen molar-refractivity contribution in [2.75, 3.05) is 56.2 Å². The number of alkyl halides is 2. The zero-order valence-corrected chi connectivity index (χ0v) is 37.8. The highest BCUT2D eigenvalue weighted by Gasteiger charge is 2.16. The zero-order chi connectivity index (χ0) is 44.1. The number of anilines is 1. The summed E-state index contributed by atoms with van der Waals surface area (Å²) in [5.74, 6) is 1.22. The van der Waals surface area contributed by atoms with E-state index in [0.29, 0.717) is 40.9 Å². The summed E-state index contributed by atoms with van der Waals surface area (Å²) >= 11 is 11.5. The second-order valence-electron chi connectivity index (χ2n) is 14.6. The predicted octanol–water partition coefficient (Wildman–Crippen LogP) is 14.4. The fraction of sp³-hybridized carbons (Fsp3) is 0.543. The number of nitro groups is 1. The summed E-state index contributed by atoms with van der Waals surface area (Å²) in [5.41, 5.74) is 3.78. The van der Waals surface area contributed by atoms with Gasteiger partial charge in [0.05, 0.1) is 28.5 Å². The van der Waals surface area contributed by atoms with E-state index in [1.807, 2.05) is 13.0 Å². The number of aryl methyl sites for hydroxylation is 1. The standard InChI is InChI=1S/C46H64Cl2N6O7/c1-5-7-9-11-13-15-27-53(28-16-14-12-10-8-6-2)40-21-22-41(36(3)33-40)50-52-43-35-44(60-31-32-61-46(55)24-26-48)42(34-45(43)59-30-29-58-37(4)23-25-47)51-49-38-17-19-39(20-18-38)54(56)57/h17-22,33-35H,4-16,23-32H2,1-3H3/b51-49+,52-50+. The smallest absolute Gasteiger partial charge is 0.307 e. The molecule has 3 rings (SSSR count). The summed E-state index contributed by atoms with van der Waals surface area (Å²) in [6.07, 6.45) is 15.6. The highest BCUT2D eigenvalue weighted by molar-refractivity contribution is 6.18. The van der Waals surface area contributed by atoms with Gasteiger partial charge in [-0.05, 0) is 55.7 Å². The molecular weight excluding hydrogens is 819 g/mol. The fourth-order valence-corrected chi connectivity index (χ4v) is 6.61. The van der Waals surface area contributed by atoms with E-state index in [0.717, 1.165) is 18.7 Å². The van der Waals surface area contributed by atoms with Crippen LogP contribution in [-0.4, -0.2) is 62.2 Å². The van der Waals surface area contributed by atoms with E-state index in [2.05, 4.69) is 57.9 Å². The minimum Gasteiger partial charge on any atom is -0.495 e. The molecule has 0 spiro atoms. The molecule has 0 amide bonds. The Labute approximate surface area is 372 Å². The molecule has 0 bridgehead atoms. The lowest BCUT2D eigenvalue weighted by Gasteiger charge is -2.26. The number of nitrogens with zero attached hydrogens (tertiary/aromatic N) is 6. The first-order valence-electron chi connectivity index (χ1n) is 21.6. The second kappa shape index (κ2) is 30.3. The number of hydrogen-bond acceptors (Lipinski definition) is 12. The molecule has 0 saturated heterocycles. The maximum absolute atomic E-state index is 11.9. The van der Waals surface area contributed by atoms with Crippen molar-refractivity contribution in [2.24, 2.45) is 20.5 Å². The molecular formula is C46H64Cl2N6O7. The van der Waals surface area contributed by atoms with Gasteiger partial charge in [0.1, 0.15) is 49.3 Å². The number of halogens is 2. The van der Waals surface area contributed by atoms with Crippen LogP contribution in [0.1, 0.15) is 109 Å². The molecule has 0 heterocycles.